The molecule has 1 fully saturated rings. The van der Waals surface area contributed by atoms with Crippen LogP contribution in [0.2, 0.25) is 0 Å². The molecule has 17 heavy (non-hydrogen) atoms. The molecule has 0 unspecified atom stereocenters. The predicted molar refractivity (Wildman–Crippen MR) is 65.7 cm³/mol. The van der Waals surface area contributed by atoms with Crippen molar-refractivity contribution < 1.29 is 14.9 Å². The molecule has 3 nitrogen and oxygen atoms in total. The van der Waals surface area contributed by atoms with Crippen LogP contribution in [0, 0.1) is 5.92 Å². The van der Waals surface area contributed by atoms with Crippen molar-refractivity contribution in [3.05, 3.63) is 29.8 Å². The number of benzene rings is 1. The van der Waals surface area contributed by atoms with Crippen LogP contribution >= 0.6 is 0 Å². The van der Waals surface area contributed by atoms with E-state index in [4.69, 9.17) is 9.84 Å². The molecular weight excluding hydrogens is 216 g/mol. The van der Waals surface area contributed by atoms with Crippen LogP contribution in [0.5, 0.6) is 5.75 Å². The van der Waals surface area contributed by atoms with Crippen LogP contribution in [-0.4, -0.2) is 22.9 Å². The fraction of sp³-hybridized carbons (Fsp3) is 0.571. The van der Waals surface area contributed by atoms with Crippen molar-refractivity contribution in [2.45, 2.75) is 38.4 Å². The van der Waals surface area contributed by atoms with Gasteiger partial charge in [-0.2, -0.15) is 0 Å². The van der Waals surface area contributed by atoms with E-state index in [1.807, 2.05) is 12.1 Å². The van der Waals surface area contributed by atoms with Crippen LogP contribution in [0.15, 0.2) is 24.3 Å². The standard InChI is InChI=1S/C14H20O3/c15-9-11-4-6-14(7-5-11)17-10-12-2-1-3-13(16)8-12/h1-3,8,11,14-16H,4-7,9-10H2. The topological polar surface area (TPSA) is 49.7 Å². The van der Waals surface area contributed by atoms with E-state index >= 15 is 0 Å². The largest absolute Gasteiger partial charge is 0.508 e. The smallest absolute Gasteiger partial charge is 0.115 e. The summed E-state index contributed by atoms with van der Waals surface area (Å²) in [5.41, 5.74) is 1.01. The maximum absolute atomic E-state index is 9.33. The van der Waals surface area contributed by atoms with Crippen molar-refractivity contribution in [2.24, 2.45) is 5.92 Å². The Balaban J connectivity index is 1.76. The van der Waals surface area contributed by atoms with Crippen LogP contribution in [0.25, 0.3) is 0 Å². The second-order valence-corrected chi connectivity index (χ2v) is 4.81. The molecule has 2 N–H and O–H groups in total. The first-order valence-electron chi connectivity index (χ1n) is 6.28. The van der Waals surface area contributed by atoms with Gasteiger partial charge in [-0.3, -0.25) is 0 Å². The van der Waals surface area contributed by atoms with Crippen molar-refractivity contribution >= 4 is 0 Å². The molecule has 1 aliphatic carbocycles. The lowest BCUT2D eigenvalue weighted by Gasteiger charge is -2.27. The molecule has 2 rings (SSSR count). The van der Waals surface area contributed by atoms with Crippen LogP contribution in [-0.2, 0) is 11.3 Å². The normalized spacial score (nSPS) is 24.8. The number of ether oxygens (including phenoxy) is 1. The van der Waals surface area contributed by atoms with Crippen LogP contribution in [0.1, 0.15) is 31.2 Å². The second kappa shape index (κ2) is 6.03. The molecule has 1 aromatic carbocycles. The zero-order chi connectivity index (χ0) is 12.1. The van der Waals surface area contributed by atoms with Crippen molar-refractivity contribution in [3.63, 3.8) is 0 Å². The van der Waals surface area contributed by atoms with Gasteiger partial charge in [-0.1, -0.05) is 12.1 Å². The molecule has 0 aliphatic heterocycles. The Hall–Kier alpha value is -1.06. The molecule has 1 saturated carbocycles. The minimum absolute atomic E-state index is 0.287. The zero-order valence-electron chi connectivity index (χ0n) is 10.0. The third kappa shape index (κ3) is 3.72. The summed E-state index contributed by atoms with van der Waals surface area (Å²) in [6.07, 6.45) is 4.48. The second-order valence-electron chi connectivity index (χ2n) is 4.81. The van der Waals surface area contributed by atoms with Crippen LogP contribution in [0.3, 0.4) is 0 Å². The molecule has 3 heteroatoms. The van der Waals surface area contributed by atoms with Gasteiger partial charge in [0.05, 0.1) is 12.7 Å². The average Bonchev–Trinajstić information content (AvgIpc) is 2.37. The minimum Gasteiger partial charge on any atom is -0.508 e. The zero-order valence-corrected chi connectivity index (χ0v) is 10.0. The SMILES string of the molecule is OCC1CCC(OCc2cccc(O)c2)CC1. The quantitative estimate of drug-likeness (QED) is 0.844. The highest BCUT2D eigenvalue weighted by Gasteiger charge is 2.20. The molecule has 0 amide bonds. The summed E-state index contributed by atoms with van der Waals surface area (Å²) in [5, 5.41) is 18.4. The fourth-order valence-electron chi connectivity index (χ4n) is 2.34. The number of rotatable bonds is 4. The van der Waals surface area contributed by atoms with Crippen LogP contribution in [0.4, 0.5) is 0 Å². The highest BCUT2D eigenvalue weighted by molar-refractivity contribution is 5.26. The number of phenols is 1. The molecule has 0 spiro atoms. The Morgan fingerprint density at radius 1 is 1.18 bits per heavy atom. The van der Waals surface area contributed by atoms with E-state index in [-0.39, 0.29) is 5.75 Å². The highest BCUT2D eigenvalue weighted by atomic mass is 16.5. The molecular formula is C14H20O3. The number of aliphatic hydroxyl groups excluding tert-OH is 1. The van der Waals surface area contributed by atoms with Gasteiger partial charge >= 0.3 is 0 Å². The Kier molecular flexibility index (Phi) is 4.40. The number of aromatic hydroxyl groups is 1. The van der Waals surface area contributed by atoms with Gasteiger partial charge < -0.3 is 14.9 Å². The average molecular weight is 236 g/mol. The number of hydrogen-bond acceptors (Lipinski definition) is 3. The van der Waals surface area contributed by atoms with Crippen LogP contribution < -0.4 is 0 Å². The molecule has 0 bridgehead atoms. The number of phenolic OH excluding ortho intramolecular Hbond substituents is 1. The molecule has 0 aromatic heterocycles. The van der Waals surface area contributed by atoms with E-state index in [9.17, 15) is 5.11 Å². The monoisotopic (exact) mass is 236 g/mol. The van der Waals surface area contributed by atoms with E-state index in [1.165, 1.54) is 0 Å². The lowest BCUT2D eigenvalue weighted by Crippen LogP contribution is -2.23. The van der Waals surface area contributed by atoms with Gasteiger partial charge in [0, 0.05) is 6.61 Å². The maximum Gasteiger partial charge on any atom is 0.115 e. The first-order chi connectivity index (χ1) is 8.28. The lowest BCUT2D eigenvalue weighted by atomic mass is 9.88. The van der Waals surface area contributed by atoms with Crippen molar-refractivity contribution in [1.29, 1.82) is 0 Å². The summed E-state index contributed by atoms with van der Waals surface area (Å²) in [6, 6.07) is 7.19. The van der Waals surface area contributed by atoms with E-state index in [1.54, 1.807) is 12.1 Å². The third-order valence-electron chi connectivity index (χ3n) is 3.45. The first kappa shape index (κ1) is 12.4. The predicted octanol–water partition coefficient (Wildman–Crippen LogP) is 2.46. The van der Waals surface area contributed by atoms with Gasteiger partial charge in [0.2, 0.25) is 0 Å². The van der Waals surface area contributed by atoms with Gasteiger partial charge in [-0.15, -0.1) is 0 Å². The molecule has 0 atom stereocenters. The molecule has 0 radical (unpaired) electrons. The Bertz CT molecular complexity index is 343. The molecule has 1 aromatic rings. The molecule has 1 aliphatic rings. The Morgan fingerprint density at radius 3 is 2.59 bits per heavy atom. The summed E-state index contributed by atoms with van der Waals surface area (Å²) in [6.45, 7) is 0.863. The van der Waals surface area contributed by atoms with E-state index in [0.29, 0.717) is 25.2 Å². The highest BCUT2D eigenvalue weighted by Crippen LogP contribution is 2.26. The first-order valence-corrected chi connectivity index (χ1v) is 6.28. The van der Waals surface area contributed by atoms with Crippen molar-refractivity contribution in [3.8, 4) is 5.75 Å². The maximum atomic E-state index is 9.33. The van der Waals surface area contributed by atoms with Gasteiger partial charge in [0.15, 0.2) is 0 Å². The molecule has 94 valence electrons. The van der Waals surface area contributed by atoms with Crippen molar-refractivity contribution in [2.75, 3.05) is 6.61 Å². The third-order valence-corrected chi connectivity index (χ3v) is 3.45. The van der Waals surface area contributed by atoms with Gasteiger partial charge in [0.25, 0.3) is 0 Å². The minimum atomic E-state index is 0.287. The van der Waals surface area contributed by atoms with E-state index < -0.39 is 0 Å². The summed E-state index contributed by atoms with van der Waals surface area (Å²) in [4.78, 5) is 0. The van der Waals surface area contributed by atoms with E-state index in [2.05, 4.69) is 0 Å². The Labute approximate surface area is 102 Å². The summed E-state index contributed by atoms with van der Waals surface area (Å²) in [5.74, 6) is 0.755. The number of aliphatic hydroxyl groups is 1. The van der Waals surface area contributed by atoms with Gasteiger partial charge in [0.1, 0.15) is 5.75 Å². The molecule has 0 heterocycles. The summed E-state index contributed by atoms with van der Waals surface area (Å²) in [7, 11) is 0. The summed E-state index contributed by atoms with van der Waals surface area (Å²) < 4.78 is 5.82. The number of hydrogen-bond donors (Lipinski definition) is 2. The van der Waals surface area contributed by atoms with Crippen molar-refractivity contribution in [1.82, 2.24) is 0 Å². The lowest BCUT2D eigenvalue weighted by molar-refractivity contribution is 0.00114. The van der Waals surface area contributed by atoms with Gasteiger partial charge in [-0.05, 0) is 49.3 Å². The molecule has 0 saturated heterocycles. The fourth-order valence-corrected chi connectivity index (χ4v) is 2.34. The van der Waals surface area contributed by atoms with E-state index in [0.717, 1.165) is 31.2 Å². The van der Waals surface area contributed by atoms with Gasteiger partial charge in [-0.25, -0.2) is 0 Å². The Morgan fingerprint density at radius 2 is 1.94 bits per heavy atom. The summed E-state index contributed by atoms with van der Waals surface area (Å²) >= 11 is 0.